The van der Waals surface area contributed by atoms with Crippen LogP contribution in [0.4, 0.5) is 13.2 Å². The van der Waals surface area contributed by atoms with E-state index < -0.39 is 35.5 Å². The SMILES string of the molecule is CON(C)C(=O)[C@]1(Cc2cccc(-c3ncc(F)cn3)c2)C[C@@H](N)C(F)(F)C1. The van der Waals surface area contributed by atoms with Gasteiger partial charge in [-0.25, -0.2) is 28.2 Å². The Morgan fingerprint density at radius 2 is 2.04 bits per heavy atom. The highest BCUT2D eigenvalue weighted by Crippen LogP contribution is 2.49. The Morgan fingerprint density at radius 3 is 2.61 bits per heavy atom. The van der Waals surface area contributed by atoms with Gasteiger partial charge in [0.1, 0.15) is 0 Å². The van der Waals surface area contributed by atoms with E-state index in [9.17, 15) is 18.0 Å². The maximum Gasteiger partial charge on any atom is 0.264 e. The molecule has 0 aliphatic heterocycles. The molecule has 0 unspecified atom stereocenters. The highest BCUT2D eigenvalue weighted by Gasteiger charge is 2.59. The zero-order valence-corrected chi connectivity index (χ0v) is 15.5. The maximum atomic E-state index is 14.3. The molecule has 1 aliphatic rings. The first-order valence-electron chi connectivity index (χ1n) is 8.69. The number of amides is 1. The van der Waals surface area contributed by atoms with Crippen molar-refractivity contribution in [2.24, 2.45) is 11.1 Å². The number of nitrogens with two attached hydrogens (primary N) is 1. The van der Waals surface area contributed by atoms with Crippen molar-refractivity contribution in [2.75, 3.05) is 14.2 Å². The van der Waals surface area contributed by atoms with E-state index in [1.165, 1.54) is 14.2 Å². The zero-order chi connectivity index (χ0) is 20.5. The number of benzene rings is 1. The largest absolute Gasteiger partial charge is 0.323 e. The highest BCUT2D eigenvalue weighted by molar-refractivity contribution is 5.83. The van der Waals surface area contributed by atoms with E-state index in [0.717, 1.165) is 17.5 Å². The van der Waals surface area contributed by atoms with Crippen LogP contribution >= 0.6 is 0 Å². The van der Waals surface area contributed by atoms with Gasteiger partial charge in [-0.15, -0.1) is 0 Å². The molecule has 150 valence electrons. The minimum Gasteiger partial charge on any atom is -0.323 e. The van der Waals surface area contributed by atoms with Crippen LogP contribution in [-0.4, -0.2) is 47.1 Å². The summed E-state index contributed by atoms with van der Waals surface area (Å²) in [6.07, 6.45) is 1.32. The van der Waals surface area contributed by atoms with Gasteiger partial charge in [-0.2, -0.15) is 0 Å². The molecule has 0 radical (unpaired) electrons. The summed E-state index contributed by atoms with van der Waals surface area (Å²) in [5.41, 5.74) is 5.48. The van der Waals surface area contributed by atoms with Crippen molar-refractivity contribution in [3.8, 4) is 11.4 Å². The second-order valence-corrected chi connectivity index (χ2v) is 7.12. The first-order valence-corrected chi connectivity index (χ1v) is 8.69. The number of nitrogens with zero attached hydrogens (tertiary/aromatic N) is 3. The van der Waals surface area contributed by atoms with Crippen LogP contribution in [0, 0.1) is 11.2 Å². The maximum absolute atomic E-state index is 14.3. The van der Waals surface area contributed by atoms with Crippen LogP contribution < -0.4 is 5.73 Å². The third kappa shape index (κ3) is 3.85. The lowest BCUT2D eigenvalue weighted by Gasteiger charge is -2.31. The Hall–Kier alpha value is -2.52. The number of halogens is 3. The summed E-state index contributed by atoms with van der Waals surface area (Å²) in [6.45, 7) is 0. The van der Waals surface area contributed by atoms with Gasteiger partial charge in [0.2, 0.25) is 0 Å². The van der Waals surface area contributed by atoms with E-state index in [0.29, 0.717) is 17.0 Å². The van der Waals surface area contributed by atoms with Crippen LogP contribution in [-0.2, 0) is 16.1 Å². The topological polar surface area (TPSA) is 81.3 Å². The monoisotopic (exact) mass is 394 g/mol. The van der Waals surface area contributed by atoms with E-state index in [4.69, 9.17) is 10.6 Å². The third-order valence-electron chi connectivity index (χ3n) is 5.09. The smallest absolute Gasteiger partial charge is 0.264 e. The Balaban J connectivity index is 1.95. The molecule has 1 aromatic carbocycles. The van der Waals surface area contributed by atoms with Crippen LogP contribution in [0.15, 0.2) is 36.7 Å². The Kier molecular flexibility index (Phi) is 5.40. The molecule has 9 heteroatoms. The number of carbonyl (C=O) groups is 1. The highest BCUT2D eigenvalue weighted by atomic mass is 19.3. The van der Waals surface area contributed by atoms with Gasteiger partial charge in [-0.05, 0) is 24.5 Å². The molecule has 1 heterocycles. The van der Waals surface area contributed by atoms with E-state index >= 15 is 0 Å². The lowest BCUT2D eigenvalue weighted by Crippen LogP contribution is -2.42. The Labute approximate surface area is 160 Å². The van der Waals surface area contributed by atoms with Crippen LogP contribution in [0.5, 0.6) is 0 Å². The normalized spacial score (nSPS) is 23.6. The summed E-state index contributed by atoms with van der Waals surface area (Å²) in [7, 11) is 2.68. The summed E-state index contributed by atoms with van der Waals surface area (Å²) < 4.78 is 41.6. The van der Waals surface area contributed by atoms with Gasteiger partial charge < -0.3 is 5.73 Å². The van der Waals surface area contributed by atoms with Crippen molar-refractivity contribution in [3.05, 3.63) is 48.0 Å². The number of hydrogen-bond donors (Lipinski definition) is 1. The molecule has 2 atom stereocenters. The van der Waals surface area contributed by atoms with E-state index in [2.05, 4.69) is 9.97 Å². The molecule has 0 bridgehead atoms. The Morgan fingerprint density at radius 1 is 1.36 bits per heavy atom. The summed E-state index contributed by atoms with van der Waals surface area (Å²) >= 11 is 0. The minimum atomic E-state index is -3.15. The summed E-state index contributed by atoms with van der Waals surface area (Å²) in [5.74, 6) is -3.96. The molecule has 0 saturated heterocycles. The molecule has 2 N–H and O–H groups in total. The molecule has 3 rings (SSSR count). The quantitative estimate of drug-likeness (QED) is 0.789. The first-order chi connectivity index (χ1) is 13.2. The van der Waals surface area contributed by atoms with E-state index in [1.807, 2.05) is 0 Å². The van der Waals surface area contributed by atoms with Crippen molar-refractivity contribution < 1.29 is 22.8 Å². The minimum absolute atomic E-state index is 0.0534. The second kappa shape index (κ2) is 7.48. The molecular weight excluding hydrogens is 373 g/mol. The molecule has 1 fully saturated rings. The summed E-state index contributed by atoms with van der Waals surface area (Å²) in [6, 6.07) is 5.46. The third-order valence-corrected chi connectivity index (χ3v) is 5.09. The van der Waals surface area contributed by atoms with Crippen molar-refractivity contribution in [1.82, 2.24) is 15.0 Å². The van der Waals surface area contributed by atoms with Gasteiger partial charge in [0.25, 0.3) is 11.8 Å². The molecule has 2 aromatic rings. The van der Waals surface area contributed by atoms with Gasteiger partial charge in [-0.3, -0.25) is 9.63 Å². The average Bonchev–Trinajstić information content (AvgIpc) is 2.90. The van der Waals surface area contributed by atoms with Gasteiger partial charge in [0, 0.05) is 19.0 Å². The number of rotatable bonds is 5. The van der Waals surface area contributed by atoms with E-state index in [-0.39, 0.29) is 12.8 Å². The van der Waals surface area contributed by atoms with Gasteiger partial charge in [-0.1, -0.05) is 18.2 Å². The fourth-order valence-electron chi connectivity index (χ4n) is 3.69. The molecule has 1 aromatic heterocycles. The van der Waals surface area contributed by atoms with Crippen molar-refractivity contribution in [2.45, 2.75) is 31.2 Å². The van der Waals surface area contributed by atoms with Gasteiger partial charge in [0.05, 0.1) is 31.0 Å². The molecule has 1 saturated carbocycles. The fourth-order valence-corrected chi connectivity index (χ4v) is 3.69. The fraction of sp³-hybridized carbons (Fsp3) is 0.421. The molecule has 0 spiro atoms. The number of carbonyl (C=O) groups excluding carboxylic acids is 1. The second-order valence-electron chi connectivity index (χ2n) is 7.12. The summed E-state index contributed by atoms with van der Waals surface area (Å²) in [4.78, 5) is 25.7. The van der Waals surface area contributed by atoms with Crippen LogP contribution in [0.1, 0.15) is 18.4 Å². The van der Waals surface area contributed by atoms with Crippen molar-refractivity contribution in [3.63, 3.8) is 0 Å². The van der Waals surface area contributed by atoms with Crippen LogP contribution in [0.3, 0.4) is 0 Å². The van der Waals surface area contributed by atoms with Crippen molar-refractivity contribution >= 4 is 5.91 Å². The number of aromatic nitrogens is 2. The van der Waals surface area contributed by atoms with E-state index in [1.54, 1.807) is 24.3 Å². The Bertz CT molecular complexity index is 863. The van der Waals surface area contributed by atoms with Crippen LogP contribution in [0.25, 0.3) is 11.4 Å². The van der Waals surface area contributed by atoms with Crippen molar-refractivity contribution in [1.29, 1.82) is 0 Å². The standard InChI is InChI=1S/C19H21F3N4O2/c1-26(28-2)17(27)18(8-15(23)19(21,22)11-18)7-12-4-3-5-13(6-12)16-24-9-14(20)10-25-16/h3-6,9-10,15H,7-8,11,23H2,1-2H3/t15-,18-/m1/s1. The number of alkyl halides is 2. The molecule has 28 heavy (non-hydrogen) atoms. The summed E-state index contributed by atoms with van der Waals surface area (Å²) in [5, 5.41) is 0.959. The average molecular weight is 394 g/mol. The zero-order valence-electron chi connectivity index (χ0n) is 15.5. The van der Waals surface area contributed by atoms with Gasteiger partial charge >= 0.3 is 0 Å². The predicted molar refractivity (Wildman–Crippen MR) is 95.5 cm³/mol. The number of hydroxylamine groups is 2. The lowest BCUT2D eigenvalue weighted by atomic mass is 9.78. The molecule has 1 amide bonds. The molecular formula is C19H21F3N4O2. The molecule has 6 nitrogen and oxygen atoms in total. The van der Waals surface area contributed by atoms with Gasteiger partial charge in [0.15, 0.2) is 11.6 Å². The predicted octanol–water partition coefficient (Wildman–Crippen LogP) is 2.59. The molecule has 1 aliphatic carbocycles. The lowest BCUT2D eigenvalue weighted by molar-refractivity contribution is -0.181. The first kappa shape index (κ1) is 20.2. The number of hydrogen-bond acceptors (Lipinski definition) is 5. The van der Waals surface area contributed by atoms with Crippen LogP contribution in [0.2, 0.25) is 0 Å².